The number of hydrogen-bond donors (Lipinski definition) is 1. The number of methoxy groups -OCH3 is 1. The van der Waals surface area contributed by atoms with Gasteiger partial charge in [0.15, 0.2) is 0 Å². The number of halogens is 2. The van der Waals surface area contributed by atoms with Crippen LogP contribution in [0.4, 0.5) is 0 Å². The lowest BCUT2D eigenvalue weighted by molar-refractivity contribution is -0.0562. The molecule has 3 aliphatic rings. The van der Waals surface area contributed by atoms with Gasteiger partial charge in [0.25, 0.3) is 0 Å². The van der Waals surface area contributed by atoms with Gasteiger partial charge in [-0.05, 0) is 73.2 Å². The molecule has 1 aromatic heterocycles. The molecule has 3 aromatic rings. The minimum absolute atomic E-state index is 0. The van der Waals surface area contributed by atoms with Crippen LogP contribution in [0.1, 0.15) is 37.9 Å². The van der Waals surface area contributed by atoms with Gasteiger partial charge in [0, 0.05) is 28.6 Å². The molecule has 0 saturated carbocycles. The Bertz CT molecular complexity index is 1110. The summed E-state index contributed by atoms with van der Waals surface area (Å²) in [5, 5.41) is 13.3. The lowest BCUT2D eigenvalue weighted by atomic mass is 9.72. The molecule has 0 amide bonds. The number of nitrogens with zero attached hydrogens (tertiary/aromatic N) is 2. The summed E-state index contributed by atoms with van der Waals surface area (Å²) in [7, 11) is 1.67. The standard InChI is InChI=1S/C26H29ClN2O2.ClH/c1-3-16-15-29-10-9-17(16)12-25(29)26(30)22-14-24(18-5-4-6-19(27)11-18)28-23-8-7-20(31-2)13-21(22)23;/h4-8,11,13-14,16-17,25-26,30H,3,9-10,12,15H2,1-2H3;1H/t16-,17-,25?,26+;/m0./s1. The van der Waals surface area contributed by atoms with Crippen molar-refractivity contribution in [1.29, 1.82) is 0 Å². The summed E-state index contributed by atoms with van der Waals surface area (Å²) in [5.41, 5.74) is 3.56. The van der Waals surface area contributed by atoms with Crippen molar-refractivity contribution >= 4 is 34.9 Å². The zero-order chi connectivity index (χ0) is 21.5. The van der Waals surface area contributed by atoms with Gasteiger partial charge in [-0.2, -0.15) is 0 Å². The number of aliphatic hydroxyl groups is 1. The molecule has 6 heteroatoms. The van der Waals surface area contributed by atoms with Crippen LogP contribution in [0.3, 0.4) is 0 Å². The van der Waals surface area contributed by atoms with Crippen molar-refractivity contribution in [2.45, 2.75) is 38.3 Å². The maximum absolute atomic E-state index is 11.7. The van der Waals surface area contributed by atoms with Crippen LogP contribution in [0.5, 0.6) is 5.75 Å². The Kier molecular flexibility index (Phi) is 6.97. The van der Waals surface area contributed by atoms with E-state index in [0.717, 1.165) is 58.9 Å². The first-order valence-electron chi connectivity index (χ1n) is 11.2. The Morgan fingerprint density at radius 2 is 2.06 bits per heavy atom. The number of benzene rings is 2. The molecule has 170 valence electrons. The Balaban J connectivity index is 0.00000245. The lowest BCUT2D eigenvalue weighted by Gasteiger charge is -2.51. The van der Waals surface area contributed by atoms with E-state index in [1.54, 1.807) is 7.11 Å². The van der Waals surface area contributed by atoms with Crippen LogP contribution >= 0.6 is 24.0 Å². The fraction of sp³-hybridized carbons (Fsp3) is 0.423. The van der Waals surface area contributed by atoms with Crippen molar-refractivity contribution in [3.05, 3.63) is 59.1 Å². The Labute approximate surface area is 201 Å². The van der Waals surface area contributed by atoms with E-state index in [9.17, 15) is 5.11 Å². The Morgan fingerprint density at radius 3 is 2.75 bits per heavy atom. The number of fused-ring (bicyclic) bond motifs is 4. The maximum atomic E-state index is 11.7. The van der Waals surface area contributed by atoms with Gasteiger partial charge < -0.3 is 9.84 Å². The summed E-state index contributed by atoms with van der Waals surface area (Å²) < 4.78 is 5.47. The highest BCUT2D eigenvalue weighted by Gasteiger charge is 2.42. The lowest BCUT2D eigenvalue weighted by Crippen LogP contribution is -2.55. The number of piperidine rings is 3. The molecule has 3 aliphatic heterocycles. The van der Waals surface area contributed by atoms with Crippen LogP contribution in [0.15, 0.2) is 48.5 Å². The fourth-order valence-electron chi connectivity index (χ4n) is 5.58. The largest absolute Gasteiger partial charge is 0.497 e. The van der Waals surface area contributed by atoms with Crippen molar-refractivity contribution in [3.63, 3.8) is 0 Å². The first-order valence-corrected chi connectivity index (χ1v) is 11.6. The minimum atomic E-state index is -0.573. The van der Waals surface area contributed by atoms with E-state index in [2.05, 4.69) is 11.8 Å². The fourth-order valence-corrected chi connectivity index (χ4v) is 5.77. The molecule has 4 nitrogen and oxygen atoms in total. The highest BCUT2D eigenvalue weighted by Crippen LogP contribution is 2.43. The first kappa shape index (κ1) is 23.3. The number of ether oxygens (including phenoxy) is 1. The number of aromatic nitrogens is 1. The van der Waals surface area contributed by atoms with Crippen molar-refractivity contribution in [2.75, 3.05) is 20.2 Å². The summed E-state index contributed by atoms with van der Waals surface area (Å²) in [6, 6.07) is 15.8. The number of hydrogen-bond acceptors (Lipinski definition) is 4. The topological polar surface area (TPSA) is 45.6 Å². The number of pyridine rings is 1. The molecule has 2 bridgehead atoms. The SMILES string of the molecule is CC[C@H]1CN2CC[C@H]1CC2[C@H](O)c1cc(-c2cccc(Cl)c2)nc2ccc(OC)cc12.Cl. The molecule has 6 rings (SSSR count). The Hall–Kier alpha value is -1.85. The van der Waals surface area contributed by atoms with Crippen molar-refractivity contribution < 1.29 is 9.84 Å². The van der Waals surface area contributed by atoms with Crippen LogP contribution in [0.25, 0.3) is 22.2 Å². The van der Waals surface area contributed by atoms with Crippen LogP contribution in [0.2, 0.25) is 5.02 Å². The second-order valence-electron chi connectivity index (χ2n) is 8.95. The van der Waals surface area contributed by atoms with Crippen molar-refractivity contribution in [3.8, 4) is 17.0 Å². The molecule has 0 spiro atoms. The van der Waals surface area contributed by atoms with Crippen molar-refractivity contribution in [1.82, 2.24) is 9.88 Å². The third kappa shape index (κ3) is 4.22. The zero-order valence-corrected chi connectivity index (χ0v) is 20.1. The van der Waals surface area contributed by atoms with Gasteiger partial charge in [0.05, 0.1) is 24.4 Å². The molecule has 0 radical (unpaired) electrons. The quantitative estimate of drug-likeness (QED) is 0.484. The summed E-state index contributed by atoms with van der Waals surface area (Å²) in [4.78, 5) is 7.39. The molecular formula is C26H30Cl2N2O2. The molecule has 2 aromatic carbocycles. The summed E-state index contributed by atoms with van der Waals surface area (Å²) in [5.74, 6) is 2.24. The van der Waals surface area contributed by atoms with E-state index in [1.165, 1.54) is 12.8 Å². The van der Waals surface area contributed by atoms with Gasteiger partial charge in [-0.25, -0.2) is 4.98 Å². The summed E-state index contributed by atoms with van der Waals surface area (Å²) in [6.45, 7) is 4.46. The highest BCUT2D eigenvalue weighted by atomic mass is 35.5. The van der Waals surface area contributed by atoms with E-state index in [1.807, 2.05) is 48.5 Å². The smallest absolute Gasteiger partial charge is 0.119 e. The number of aliphatic hydroxyl groups excluding tert-OH is 1. The molecule has 2 unspecified atom stereocenters. The van der Waals surface area contributed by atoms with Crippen LogP contribution in [-0.2, 0) is 0 Å². The first-order chi connectivity index (χ1) is 15.1. The van der Waals surface area contributed by atoms with E-state index in [-0.39, 0.29) is 18.4 Å². The molecular weight excluding hydrogens is 443 g/mol. The van der Waals surface area contributed by atoms with Gasteiger partial charge in [0.1, 0.15) is 5.75 Å². The average Bonchev–Trinajstić information content (AvgIpc) is 2.82. The second-order valence-corrected chi connectivity index (χ2v) is 9.39. The monoisotopic (exact) mass is 472 g/mol. The predicted molar refractivity (Wildman–Crippen MR) is 133 cm³/mol. The van der Waals surface area contributed by atoms with Crippen molar-refractivity contribution in [2.24, 2.45) is 11.8 Å². The molecule has 1 N–H and O–H groups in total. The molecule has 3 fully saturated rings. The maximum Gasteiger partial charge on any atom is 0.119 e. The summed E-state index contributed by atoms with van der Waals surface area (Å²) in [6.07, 6.45) is 2.95. The minimum Gasteiger partial charge on any atom is -0.497 e. The van der Waals surface area contributed by atoms with Crippen LogP contribution in [0, 0.1) is 11.8 Å². The van der Waals surface area contributed by atoms with Gasteiger partial charge in [0.2, 0.25) is 0 Å². The van der Waals surface area contributed by atoms with E-state index in [4.69, 9.17) is 21.3 Å². The average molecular weight is 473 g/mol. The molecule has 0 aliphatic carbocycles. The molecule has 4 heterocycles. The van der Waals surface area contributed by atoms with Crippen LogP contribution in [-0.4, -0.2) is 41.2 Å². The van der Waals surface area contributed by atoms with Gasteiger partial charge in [-0.15, -0.1) is 12.4 Å². The third-order valence-electron chi connectivity index (χ3n) is 7.31. The van der Waals surface area contributed by atoms with Gasteiger partial charge >= 0.3 is 0 Å². The van der Waals surface area contributed by atoms with E-state index < -0.39 is 6.10 Å². The zero-order valence-electron chi connectivity index (χ0n) is 18.5. The van der Waals surface area contributed by atoms with Gasteiger partial charge in [-0.3, -0.25) is 4.90 Å². The van der Waals surface area contributed by atoms with Gasteiger partial charge in [-0.1, -0.05) is 37.1 Å². The normalized spacial score (nSPS) is 25.4. The van der Waals surface area contributed by atoms with E-state index in [0.29, 0.717) is 10.9 Å². The molecule has 3 saturated heterocycles. The highest BCUT2D eigenvalue weighted by molar-refractivity contribution is 6.30. The second kappa shape index (κ2) is 9.56. The molecule has 5 atom stereocenters. The number of rotatable bonds is 5. The molecule has 32 heavy (non-hydrogen) atoms. The van der Waals surface area contributed by atoms with E-state index >= 15 is 0 Å². The predicted octanol–water partition coefficient (Wildman–Crippen LogP) is 6.14. The van der Waals surface area contributed by atoms with Crippen LogP contribution < -0.4 is 4.74 Å². The Morgan fingerprint density at radius 1 is 1.22 bits per heavy atom. The third-order valence-corrected chi connectivity index (χ3v) is 7.55. The summed E-state index contributed by atoms with van der Waals surface area (Å²) >= 11 is 6.25.